The van der Waals surface area contributed by atoms with Crippen LogP contribution in [-0.2, 0) is 0 Å². The Kier molecular flexibility index (Phi) is 5.56. The van der Waals surface area contributed by atoms with Crippen molar-refractivity contribution in [2.75, 3.05) is 11.9 Å². The quantitative estimate of drug-likeness (QED) is 0.875. The third-order valence-corrected chi connectivity index (χ3v) is 4.01. The third kappa shape index (κ3) is 4.17. The van der Waals surface area contributed by atoms with E-state index in [1.807, 2.05) is 12.1 Å². The Bertz CT molecular complexity index is 450. The number of hydrazine groups is 1. The lowest BCUT2D eigenvalue weighted by atomic mass is 10.00. The summed E-state index contributed by atoms with van der Waals surface area (Å²) in [5.41, 5.74) is 3.63. The van der Waals surface area contributed by atoms with Gasteiger partial charge in [-0.25, -0.2) is 9.99 Å². The summed E-state index contributed by atoms with van der Waals surface area (Å²) in [5, 5.41) is 5.28. The van der Waals surface area contributed by atoms with Crippen LogP contribution in [0, 0.1) is 0 Å². The summed E-state index contributed by atoms with van der Waals surface area (Å²) < 4.78 is 0. The van der Waals surface area contributed by atoms with Crippen molar-refractivity contribution >= 4 is 11.7 Å². The van der Waals surface area contributed by atoms with Crippen LogP contribution in [-0.4, -0.2) is 34.5 Å². The monoisotopic (exact) mass is 290 g/mol. The standard InChI is InChI=1S/C16H26N4O/c1-4-10-17-15-9-8-14(11-18-15)16(21)19-20-12(2)6-5-7-13(20)3/h8-9,11-13H,4-7,10H2,1-3H3,(H,17,18)(H,19,21). The molecule has 0 spiro atoms. The molecule has 0 bridgehead atoms. The van der Waals surface area contributed by atoms with Crippen LogP contribution < -0.4 is 10.7 Å². The molecular formula is C16H26N4O. The maximum atomic E-state index is 12.3. The molecule has 2 N–H and O–H groups in total. The number of piperidine rings is 1. The average molecular weight is 290 g/mol. The van der Waals surface area contributed by atoms with Crippen LogP contribution in [0.3, 0.4) is 0 Å². The molecular weight excluding hydrogens is 264 g/mol. The van der Waals surface area contributed by atoms with E-state index in [0.29, 0.717) is 17.6 Å². The largest absolute Gasteiger partial charge is 0.370 e. The van der Waals surface area contributed by atoms with Gasteiger partial charge in [0.25, 0.3) is 5.91 Å². The molecule has 2 atom stereocenters. The van der Waals surface area contributed by atoms with E-state index in [9.17, 15) is 4.79 Å². The zero-order valence-electron chi connectivity index (χ0n) is 13.2. The van der Waals surface area contributed by atoms with Gasteiger partial charge in [-0.2, -0.15) is 0 Å². The van der Waals surface area contributed by atoms with Gasteiger partial charge in [0.1, 0.15) is 5.82 Å². The fourth-order valence-electron chi connectivity index (χ4n) is 2.71. The average Bonchev–Trinajstić information content (AvgIpc) is 2.49. The van der Waals surface area contributed by atoms with Gasteiger partial charge in [-0.15, -0.1) is 0 Å². The molecule has 0 saturated carbocycles. The van der Waals surface area contributed by atoms with E-state index in [4.69, 9.17) is 0 Å². The molecule has 1 aliphatic heterocycles. The Morgan fingerprint density at radius 2 is 2.05 bits per heavy atom. The molecule has 5 heteroatoms. The smallest absolute Gasteiger partial charge is 0.267 e. The zero-order chi connectivity index (χ0) is 15.2. The number of nitrogens with one attached hydrogen (secondary N) is 2. The Morgan fingerprint density at radius 1 is 1.33 bits per heavy atom. The normalized spacial score (nSPS) is 22.8. The van der Waals surface area contributed by atoms with Gasteiger partial charge in [0.05, 0.1) is 5.56 Å². The number of aromatic nitrogens is 1. The molecule has 1 saturated heterocycles. The van der Waals surface area contributed by atoms with Crippen LogP contribution in [0.4, 0.5) is 5.82 Å². The molecule has 21 heavy (non-hydrogen) atoms. The van der Waals surface area contributed by atoms with Gasteiger partial charge in [-0.05, 0) is 45.2 Å². The highest BCUT2D eigenvalue weighted by atomic mass is 16.2. The van der Waals surface area contributed by atoms with Crippen molar-refractivity contribution in [1.82, 2.24) is 15.4 Å². The first-order chi connectivity index (χ1) is 10.1. The molecule has 5 nitrogen and oxygen atoms in total. The fourth-order valence-corrected chi connectivity index (χ4v) is 2.71. The lowest BCUT2D eigenvalue weighted by molar-refractivity contribution is 0.0369. The highest BCUT2D eigenvalue weighted by molar-refractivity contribution is 5.93. The first kappa shape index (κ1) is 15.8. The van der Waals surface area contributed by atoms with Gasteiger partial charge < -0.3 is 5.32 Å². The second-order valence-electron chi connectivity index (χ2n) is 5.84. The lowest BCUT2D eigenvalue weighted by Crippen LogP contribution is -2.54. The first-order valence-corrected chi connectivity index (χ1v) is 7.91. The molecule has 1 aromatic rings. The fraction of sp³-hybridized carbons (Fsp3) is 0.625. The van der Waals surface area contributed by atoms with Gasteiger partial charge in [-0.1, -0.05) is 13.3 Å². The van der Waals surface area contributed by atoms with Crippen molar-refractivity contribution in [1.29, 1.82) is 0 Å². The number of anilines is 1. The van der Waals surface area contributed by atoms with E-state index in [1.165, 1.54) is 6.42 Å². The van der Waals surface area contributed by atoms with E-state index >= 15 is 0 Å². The minimum Gasteiger partial charge on any atom is -0.370 e. The maximum Gasteiger partial charge on any atom is 0.267 e. The summed E-state index contributed by atoms with van der Waals surface area (Å²) in [6.45, 7) is 7.31. The van der Waals surface area contributed by atoms with Gasteiger partial charge in [0.15, 0.2) is 0 Å². The van der Waals surface area contributed by atoms with E-state index in [-0.39, 0.29) is 5.91 Å². The second kappa shape index (κ2) is 7.41. The molecule has 2 unspecified atom stereocenters. The molecule has 2 heterocycles. The Balaban J connectivity index is 1.96. The summed E-state index contributed by atoms with van der Waals surface area (Å²) in [7, 11) is 0. The summed E-state index contributed by atoms with van der Waals surface area (Å²) in [4.78, 5) is 16.6. The van der Waals surface area contributed by atoms with Crippen LogP contribution in [0.2, 0.25) is 0 Å². The van der Waals surface area contributed by atoms with E-state index < -0.39 is 0 Å². The van der Waals surface area contributed by atoms with Gasteiger partial charge in [0, 0.05) is 24.8 Å². The first-order valence-electron chi connectivity index (χ1n) is 7.91. The SMILES string of the molecule is CCCNc1ccc(C(=O)NN2C(C)CCCC2C)cn1. The van der Waals surface area contributed by atoms with E-state index in [1.54, 1.807) is 6.20 Å². The van der Waals surface area contributed by atoms with Crippen LogP contribution in [0.1, 0.15) is 56.8 Å². The van der Waals surface area contributed by atoms with Crippen molar-refractivity contribution in [3.63, 3.8) is 0 Å². The van der Waals surface area contributed by atoms with E-state index in [2.05, 4.69) is 41.5 Å². The summed E-state index contributed by atoms with van der Waals surface area (Å²) in [6.07, 6.45) is 6.17. The zero-order valence-corrected chi connectivity index (χ0v) is 13.2. The molecule has 2 rings (SSSR count). The molecule has 1 aromatic heterocycles. The topological polar surface area (TPSA) is 57.3 Å². The highest BCUT2D eigenvalue weighted by Gasteiger charge is 2.26. The van der Waals surface area contributed by atoms with Crippen molar-refractivity contribution in [3.05, 3.63) is 23.9 Å². The number of amides is 1. The molecule has 116 valence electrons. The molecule has 0 radical (unpaired) electrons. The van der Waals surface area contributed by atoms with E-state index in [0.717, 1.165) is 31.6 Å². The van der Waals surface area contributed by atoms with Crippen molar-refractivity contribution in [3.8, 4) is 0 Å². The van der Waals surface area contributed by atoms with Crippen LogP contribution in [0.25, 0.3) is 0 Å². The second-order valence-corrected chi connectivity index (χ2v) is 5.84. The molecule has 0 aromatic carbocycles. The summed E-state index contributed by atoms with van der Waals surface area (Å²) >= 11 is 0. The number of nitrogens with zero attached hydrogens (tertiary/aromatic N) is 2. The molecule has 0 aliphatic carbocycles. The minimum atomic E-state index is -0.0786. The Labute approximate surface area is 127 Å². The van der Waals surface area contributed by atoms with Crippen LogP contribution in [0.5, 0.6) is 0 Å². The lowest BCUT2D eigenvalue weighted by Gasteiger charge is -2.38. The molecule has 1 fully saturated rings. The van der Waals surface area contributed by atoms with Gasteiger partial charge in [0.2, 0.25) is 0 Å². The van der Waals surface area contributed by atoms with Crippen molar-refractivity contribution < 1.29 is 4.79 Å². The van der Waals surface area contributed by atoms with Gasteiger partial charge in [-0.3, -0.25) is 10.2 Å². The number of hydrogen-bond donors (Lipinski definition) is 2. The summed E-state index contributed by atoms with van der Waals surface area (Å²) in [6, 6.07) is 4.44. The Hall–Kier alpha value is -1.62. The number of carbonyl (C=O) groups is 1. The summed E-state index contributed by atoms with van der Waals surface area (Å²) in [5.74, 6) is 0.734. The predicted octanol–water partition coefficient (Wildman–Crippen LogP) is 2.81. The van der Waals surface area contributed by atoms with Crippen LogP contribution in [0.15, 0.2) is 18.3 Å². The van der Waals surface area contributed by atoms with Crippen LogP contribution >= 0.6 is 0 Å². The maximum absolute atomic E-state index is 12.3. The van der Waals surface area contributed by atoms with Gasteiger partial charge >= 0.3 is 0 Å². The minimum absolute atomic E-state index is 0.0786. The van der Waals surface area contributed by atoms with Crippen molar-refractivity contribution in [2.24, 2.45) is 0 Å². The molecule has 1 amide bonds. The number of rotatable bonds is 5. The number of pyridine rings is 1. The number of carbonyl (C=O) groups excluding carboxylic acids is 1. The molecule has 1 aliphatic rings. The van der Waals surface area contributed by atoms with Crippen molar-refractivity contribution in [2.45, 2.75) is 58.5 Å². The predicted molar refractivity (Wildman–Crippen MR) is 85.1 cm³/mol. The number of hydrogen-bond acceptors (Lipinski definition) is 4. The highest BCUT2D eigenvalue weighted by Crippen LogP contribution is 2.20. The Morgan fingerprint density at radius 3 is 2.62 bits per heavy atom. The third-order valence-electron chi connectivity index (χ3n) is 4.01.